The van der Waals surface area contributed by atoms with Crippen LogP contribution in [0.25, 0.3) is 0 Å². The van der Waals surface area contributed by atoms with Crippen molar-refractivity contribution in [3.8, 4) is 0 Å². The summed E-state index contributed by atoms with van der Waals surface area (Å²) in [6.07, 6.45) is 12.7. The molecular weight excluding hydrogens is 268 g/mol. The van der Waals surface area contributed by atoms with Gasteiger partial charge >= 0.3 is 0 Å². The van der Waals surface area contributed by atoms with E-state index in [0.29, 0.717) is 5.41 Å². The Hall–Kier alpha value is -0.300. The molecule has 0 radical (unpaired) electrons. The van der Waals surface area contributed by atoms with E-state index in [1.54, 1.807) is 5.57 Å². The lowest BCUT2D eigenvalue weighted by atomic mass is 9.49. The molecule has 4 aliphatic rings. The summed E-state index contributed by atoms with van der Waals surface area (Å²) in [6, 6.07) is 0. The minimum Gasteiger partial charge on any atom is -0.390 e. The number of fused-ring (bicyclic) bond motifs is 5. The van der Waals surface area contributed by atoms with E-state index >= 15 is 0 Å². The fourth-order valence-electron chi connectivity index (χ4n) is 7.19. The zero-order valence-corrected chi connectivity index (χ0v) is 14.6. The minimum atomic E-state index is -0.334. The summed E-state index contributed by atoms with van der Waals surface area (Å²) < 4.78 is 0. The summed E-state index contributed by atoms with van der Waals surface area (Å²) in [7, 11) is 0. The van der Waals surface area contributed by atoms with E-state index in [9.17, 15) is 5.11 Å². The van der Waals surface area contributed by atoms with E-state index in [4.69, 9.17) is 0 Å². The van der Waals surface area contributed by atoms with Gasteiger partial charge in [-0.05, 0) is 99.2 Å². The van der Waals surface area contributed by atoms with Crippen LogP contribution in [0, 0.1) is 35.0 Å². The topological polar surface area (TPSA) is 20.2 Å². The van der Waals surface area contributed by atoms with Crippen molar-refractivity contribution < 1.29 is 5.11 Å². The van der Waals surface area contributed by atoms with Gasteiger partial charge in [-0.1, -0.05) is 26.0 Å². The molecule has 7 atom stereocenters. The van der Waals surface area contributed by atoms with Crippen molar-refractivity contribution in [2.24, 2.45) is 35.0 Å². The van der Waals surface area contributed by atoms with Gasteiger partial charge < -0.3 is 5.11 Å². The fraction of sp³-hybridized carbons (Fsp3) is 0.905. The van der Waals surface area contributed by atoms with E-state index in [0.717, 1.165) is 48.9 Å². The first-order valence-electron chi connectivity index (χ1n) is 9.87. The second-order valence-corrected chi connectivity index (χ2v) is 9.35. The van der Waals surface area contributed by atoms with Gasteiger partial charge in [-0.25, -0.2) is 0 Å². The lowest BCUT2D eigenvalue weighted by molar-refractivity contribution is -0.0980. The maximum atomic E-state index is 10.7. The van der Waals surface area contributed by atoms with Gasteiger partial charge in [0.15, 0.2) is 0 Å². The quantitative estimate of drug-likeness (QED) is 0.648. The van der Waals surface area contributed by atoms with Crippen molar-refractivity contribution in [3.63, 3.8) is 0 Å². The maximum absolute atomic E-state index is 10.7. The molecule has 4 aliphatic carbocycles. The average Bonchev–Trinajstić information content (AvgIpc) is 2.82. The van der Waals surface area contributed by atoms with Crippen molar-refractivity contribution in [2.75, 3.05) is 0 Å². The van der Waals surface area contributed by atoms with Crippen molar-refractivity contribution in [1.29, 1.82) is 0 Å². The molecule has 0 unspecified atom stereocenters. The van der Waals surface area contributed by atoms with Gasteiger partial charge in [-0.15, -0.1) is 0 Å². The Morgan fingerprint density at radius 1 is 1.05 bits per heavy atom. The van der Waals surface area contributed by atoms with Gasteiger partial charge in [-0.2, -0.15) is 0 Å². The predicted molar refractivity (Wildman–Crippen MR) is 91.5 cm³/mol. The lowest BCUT2D eigenvalue weighted by Gasteiger charge is -2.56. The average molecular weight is 303 g/mol. The van der Waals surface area contributed by atoms with Crippen LogP contribution < -0.4 is 0 Å². The van der Waals surface area contributed by atoms with Gasteiger partial charge in [0.05, 0.1) is 5.60 Å². The van der Waals surface area contributed by atoms with Crippen molar-refractivity contribution in [1.82, 2.24) is 0 Å². The molecule has 22 heavy (non-hydrogen) atoms. The number of hydrogen-bond acceptors (Lipinski definition) is 1. The maximum Gasteiger partial charge on any atom is 0.0648 e. The first-order valence-corrected chi connectivity index (χ1v) is 9.87. The Bertz CT molecular complexity index is 469. The lowest BCUT2D eigenvalue weighted by Crippen LogP contribution is -2.50. The zero-order chi connectivity index (χ0) is 15.5. The molecule has 4 fully saturated rings. The van der Waals surface area contributed by atoms with Gasteiger partial charge in [-0.3, -0.25) is 0 Å². The van der Waals surface area contributed by atoms with Crippen LogP contribution in [0.3, 0.4) is 0 Å². The second kappa shape index (κ2) is 5.10. The standard InChI is InChI=1S/C21H34O/c1-4-21(22)12-10-16-15(13-21)6-7-18-17(16)9-11-20(3)14(2)5-8-19(18)20/h15-19,22H,2,4-13H2,1,3H3/t15-,16-,17+,18+,19-,20+,21-/m0/s1. The van der Waals surface area contributed by atoms with Crippen LogP contribution in [0.2, 0.25) is 0 Å². The van der Waals surface area contributed by atoms with Crippen LogP contribution >= 0.6 is 0 Å². The minimum absolute atomic E-state index is 0.334. The molecule has 1 nitrogen and oxygen atoms in total. The molecule has 0 amide bonds. The highest BCUT2D eigenvalue weighted by molar-refractivity contribution is 5.20. The number of allylic oxidation sites excluding steroid dienone is 1. The van der Waals surface area contributed by atoms with Crippen LogP contribution in [-0.2, 0) is 0 Å². The van der Waals surface area contributed by atoms with Crippen molar-refractivity contribution in [2.45, 2.75) is 83.7 Å². The molecule has 4 saturated carbocycles. The third-order valence-corrected chi connectivity index (χ3v) is 8.72. The third-order valence-electron chi connectivity index (χ3n) is 8.72. The van der Waals surface area contributed by atoms with E-state index < -0.39 is 0 Å². The van der Waals surface area contributed by atoms with Crippen LogP contribution in [0.15, 0.2) is 12.2 Å². The van der Waals surface area contributed by atoms with E-state index in [1.807, 2.05) is 0 Å². The van der Waals surface area contributed by atoms with Gasteiger partial charge in [0.2, 0.25) is 0 Å². The number of hydrogen-bond donors (Lipinski definition) is 1. The van der Waals surface area contributed by atoms with Gasteiger partial charge in [0.1, 0.15) is 0 Å². The molecule has 0 spiro atoms. The molecule has 1 heteroatoms. The first kappa shape index (κ1) is 15.2. The van der Waals surface area contributed by atoms with Gasteiger partial charge in [0.25, 0.3) is 0 Å². The SMILES string of the molecule is C=C1CC[C@H]2[C@@H]3CC[C@H]4C[C@](O)(CC)CC[C@@H]4[C@H]3CC[C@]12C. The summed E-state index contributed by atoms with van der Waals surface area (Å²) in [5.41, 5.74) is 1.69. The summed E-state index contributed by atoms with van der Waals surface area (Å²) in [5, 5.41) is 10.7. The molecule has 0 aromatic heterocycles. The first-order chi connectivity index (χ1) is 10.5. The Morgan fingerprint density at radius 2 is 1.82 bits per heavy atom. The molecule has 1 N–H and O–H groups in total. The summed E-state index contributed by atoms with van der Waals surface area (Å²) >= 11 is 0. The molecule has 0 heterocycles. The van der Waals surface area contributed by atoms with E-state index in [-0.39, 0.29) is 5.60 Å². The van der Waals surface area contributed by atoms with Crippen LogP contribution in [0.1, 0.15) is 78.1 Å². The Labute approximate surface area is 136 Å². The highest BCUT2D eigenvalue weighted by Gasteiger charge is 2.55. The van der Waals surface area contributed by atoms with E-state index in [1.165, 1.54) is 44.9 Å². The highest BCUT2D eigenvalue weighted by atomic mass is 16.3. The van der Waals surface area contributed by atoms with Crippen LogP contribution in [-0.4, -0.2) is 10.7 Å². The molecular formula is C21H34O. The third kappa shape index (κ3) is 2.07. The highest BCUT2D eigenvalue weighted by Crippen LogP contribution is 2.64. The number of aliphatic hydroxyl groups is 1. The molecule has 0 bridgehead atoms. The van der Waals surface area contributed by atoms with Crippen LogP contribution in [0.4, 0.5) is 0 Å². The summed E-state index contributed by atoms with van der Waals surface area (Å²) in [5.74, 6) is 4.58. The Kier molecular flexibility index (Phi) is 3.53. The monoisotopic (exact) mass is 302 g/mol. The van der Waals surface area contributed by atoms with Crippen molar-refractivity contribution in [3.05, 3.63) is 12.2 Å². The second-order valence-electron chi connectivity index (χ2n) is 9.35. The summed E-state index contributed by atoms with van der Waals surface area (Å²) in [4.78, 5) is 0. The molecule has 0 aliphatic heterocycles. The molecule has 0 aromatic carbocycles. The predicted octanol–water partition coefficient (Wildman–Crippen LogP) is 5.34. The molecule has 0 aromatic rings. The molecule has 124 valence electrons. The van der Waals surface area contributed by atoms with Crippen molar-refractivity contribution >= 4 is 0 Å². The smallest absolute Gasteiger partial charge is 0.0648 e. The molecule has 0 saturated heterocycles. The molecule has 4 rings (SSSR count). The Balaban J connectivity index is 1.55. The number of rotatable bonds is 1. The normalized spacial score (nSPS) is 54.5. The van der Waals surface area contributed by atoms with Gasteiger partial charge in [0, 0.05) is 0 Å². The summed E-state index contributed by atoms with van der Waals surface area (Å²) in [6.45, 7) is 9.12. The fourth-order valence-corrected chi connectivity index (χ4v) is 7.19. The largest absolute Gasteiger partial charge is 0.390 e. The van der Waals surface area contributed by atoms with E-state index in [2.05, 4.69) is 20.4 Å². The zero-order valence-electron chi connectivity index (χ0n) is 14.6. The van der Waals surface area contributed by atoms with Crippen LogP contribution in [0.5, 0.6) is 0 Å². The Morgan fingerprint density at radius 3 is 2.59 bits per heavy atom.